The molecule has 114 valence electrons. The number of hydrogen-bond acceptors (Lipinski definition) is 3. The van der Waals surface area contributed by atoms with E-state index in [-0.39, 0.29) is 6.04 Å². The van der Waals surface area contributed by atoms with Gasteiger partial charge in [-0.2, -0.15) is 5.10 Å². The first kappa shape index (κ1) is 15.7. The van der Waals surface area contributed by atoms with Crippen molar-refractivity contribution in [3.05, 3.63) is 51.8 Å². The Balaban J connectivity index is 2.54. The van der Waals surface area contributed by atoms with Crippen LogP contribution in [0, 0.1) is 20.8 Å². The van der Waals surface area contributed by atoms with E-state index in [1.54, 1.807) is 0 Å². The Morgan fingerprint density at radius 3 is 2.33 bits per heavy atom. The fourth-order valence-corrected chi connectivity index (χ4v) is 2.77. The molecule has 0 radical (unpaired) electrons. The molecular weight excluding hydrogens is 260 g/mol. The van der Waals surface area contributed by atoms with Gasteiger partial charge in [-0.1, -0.05) is 19.1 Å². The summed E-state index contributed by atoms with van der Waals surface area (Å²) in [5.74, 6) is 5.88. The summed E-state index contributed by atoms with van der Waals surface area (Å²) < 4.78 is 2.04. The fourth-order valence-electron chi connectivity index (χ4n) is 2.77. The van der Waals surface area contributed by atoms with Crippen LogP contribution in [-0.2, 0) is 13.0 Å². The molecule has 4 heteroatoms. The molecule has 1 atom stereocenters. The number of nitrogens with one attached hydrogen (secondary N) is 1. The Labute approximate surface area is 127 Å². The van der Waals surface area contributed by atoms with Gasteiger partial charge in [-0.05, 0) is 62.4 Å². The van der Waals surface area contributed by atoms with Crippen LogP contribution in [0.15, 0.2) is 18.2 Å². The van der Waals surface area contributed by atoms with E-state index >= 15 is 0 Å². The van der Waals surface area contributed by atoms with Gasteiger partial charge >= 0.3 is 0 Å². The van der Waals surface area contributed by atoms with Gasteiger partial charge in [0.1, 0.15) is 0 Å². The summed E-state index contributed by atoms with van der Waals surface area (Å²) in [6.45, 7) is 11.5. The fraction of sp³-hybridized carbons (Fsp3) is 0.471. The minimum atomic E-state index is -0.0305. The summed E-state index contributed by atoms with van der Waals surface area (Å²) in [4.78, 5) is 0. The molecule has 0 bridgehead atoms. The van der Waals surface area contributed by atoms with Crippen LogP contribution in [0.25, 0.3) is 0 Å². The molecule has 1 heterocycles. The maximum atomic E-state index is 5.88. The summed E-state index contributed by atoms with van der Waals surface area (Å²) in [7, 11) is 0. The average Bonchev–Trinajstić information content (AvgIpc) is 2.88. The molecule has 0 saturated carbocycles. The quantitative estimate of drug-likeness (QED) is 0.656. The number of hydrogen-bond donors (Lipinski definition) is 2. The lowest BCUT2D eigenvalue weighted by Crippen LogP contribution is -2.31. The third-order valence-corrected chi connectivity index (χ3v) is 4.18. The van der Waals surface area contributed by atoms with Crippen molar-refractivity contribution >= 4 is 0 Å². The minimum absolute atomic E-state index is 0.0305. The SMILES string of the molecule is CCc1cc(C(NN)c2cc(C)c(C)cc2C)n(CC)n1. The first-order valence-electron chi connectivity index (χ1n) is 7.62. The molecule has 3 N–H and O–H groups in total. The molecule has 1 aromatic carbocycles. The van der Waals surface area contributed by atoms with Crippen molar-refractivity contribution in [1.82, 2.24) is 15.2 Å². The Morgan fingerprint density at radius 1 is 1.10 bits per heavy atom. The van der Waals surface area contributed by atoms with Crippen LogP contribution in [0.2, 0.25) is 0 Å². The van der Waals surface area contributed by atoms with Crippen molar-refractivity contribution in [3.8, 4) is 0 Å². The molecule has 0 amide bonds. The van der Waals surface area contributed by atoms with E-state index < -0.39 is 0 Å². The largest absolute Gasteiger partial charge is 0.271 e. The van der Waals surface area contributed by atoms with Crippen LogP contribution in [0.1, 0.15) is 53.5 Å². The van der Waals surface area contributed by atoms with Gasteiger partial charge in [0.2, 0.25) is 0 Å². The van der Waals surface area contributed by atoms with E-state index in [1.165, 1.54) is 22.3 Å². The highest BCUT2D eigenvalue weighted by atomic mass is 15.3. The van der Waals surface area contributed by atoms with Gasteiger partial charge < -0.3 is 0 Å². The van der Waals surface area contributed by atoms with Crippen molar-refractivity contribution in [2.45, 2.75) is 53.6 Å². The average molecular weight is 286 g/mol. The Bertz CT molecular complexity index is 628. The van der Waals surface area contributed by atoms with Gasteiger partial charge in [-0.15, -0.1) is 0 Å². The van der Waals surface area contributed by atoms with E-state index in [4.69, 9.17) is 5.84 Å². The molecule has 0 aliphatic rings. The topological polar surface area (TPSA) is 55.9 Å². The Morgan fingerprint density at radius 2 is 1.76 bits per heavy atom. The van der Waals surface area contributed by atoms with E-state index in [0.29, 0.717) is 0 Å². The molecule has 1 unspecified atom stereocenters. The van der Waals surface area contributed by atoms with Crippen molar-refractivity contribution < 1.29 is 0 Å². The lowest BCUT2D eigenvalue weighted by Gasteiger charge is -2.21. The van der Waals surface area contributed by atoms with Crippen molar-refractivity contribution in [2.24, 2.45) is 5.84 Å². The second-order valence-electron chi connectivity index (χ2n) is 5.62. The molecule has 0 aliphatic heterocycles. The first-order chi connectivity index (χ1) is 10.0. The lowest BCUT2D eigenvalue weighted by atomic mass is 9.94. The van der Waals surface area contributed by atoms with Crippen molar-refractivity contribution in [3.63, 3.8) is 0 Å². The van der Waals surface area contributed by atoms with Gasteiger partial charge in [-0.3, -0.25) is 10.5 Å². The predicted molar refractivity (Wildman–Crippen MR) is 87.1 cm³/mol. The molecular formula is C17H26N4. The van der Waals surface area contributed by atoms with Crippen molar-refractivity contribution in [1.29, 1.82) is 0 Å². The van der Waals surface area contributed by atoms with Crippen LogP contribution >= 0.6 is 0 Å². The maximum absolute atomic E-state index is 5.88. The van der Waals surface area contributed by atoms with Gasteiger partial charge in [0.15, 0.2) is 0 Å². The normalized spacial score (nSPS) is 12.7. The molecule has 2 rings (SSSR count). The smallest absolute Gasteiger partial charge is 0.0881 e. The lowest BCUT2D eigenvalue weighted by molar-refractivity contribution is 0.539. The number of hydrazine groups is 1. The number of aryl methyl sites for hydroxylation is 5. The number of nitrogens with two attached hydrogens (primary N) is 1. The van der Waals surface area contributed by atoms with Gasteiger partial charge in [-0.25, -0.2) is 5.43 Å². The van der Waals surface area contributed by atoms with E-state index in [2.05, 4.69) is 63.3 Å². The zero-order valence-electron chi connectivity index (χ0n) is 13.7. The highest BCUT2D eigenvalue weighted by Crippen LogP contribution is 2.27. The van der Waals surface area contributed by atoms with Gasteiger partial charge in [0.05, 0.1) is 17.4 Å². The predicted octanol–water partition coefficient (Wildman–Crippen LogP) is 2.94. The summed E-state index contributed by atoms with van der Waals surface area (Å²) in [6, 6.07) is 6.58. The van der Waals surface area contributed by atoms with E-state index in [9.17, 15) is 0 Å². The number of nitrogens with zero attached hydrogens (tertiary/aromatic N) is 2. The third-order valence-electron chi connectivity index (χ3n) is 4.18. The molecule has 21 heavy (non-hydrogen) atoms. The zero-order chi connectivity index (χ0) is 15.6. The Kier molecular flexibility index (Phi) is 4.80. The maximum Gasteiger partial charge on any atom is 0.0881 e. The molecule has 0 fully saturated rings. The van der Waals surface area contributed by atoms with Gasteiger partial charge in [0.25, 0.3) is 0 Å². The molecule has 1 aromatic heterocycles. The number of benzene rings is 1. The monoisotopic (exact) mass is 286 g/mol. The molecule has 4 nitrogen and oxygen atoms in total. The van der Waals surface area contributed by atoms with Crippen LogP contribution in [-0.4, -0.2) is 9.78 Å². The molecule has 0 spiro atoms. The molecule has 0 saturated heterocycles. The summed E-state index contributed by atoms with van der Waals surface area (Å²) in [6.07, 6.45) is 0.934. The van der Waals surface area contributed by atoms with E-state index in [0.717, 1.165) is 24.4 Å². The summed E-state index contributed by atoms with van der Waals surface area (Å²) >= 11 is 0. The van der Waals surface area contributed by atoms with Crippen LogP contribution < -0.4 is 11.3 Å². The number of rotatable bonds is 5. The molecule has 2 aromatic rings. The third kappa shape index (κ3) is 3.01. The highest BCUT2D eigenvalue weighted by Gasteiger charge is 2.20. The summed E-state index contributed by atoms with van der Waals surface area (Å²) in [5, 5.41) is 4.63. The van der Waals surface area contributed by atoms with E-state index in [1.807, 2.05) is 4.68 Å². The zero-order valence-corrected chi connectivity index (χ0v) is 13.7. The Hall–Kier alpha value is -1.65. The second-order valence-corrected chi connectivity index (χ2v) is 5.62. The summed E-state index contributed by atoms with van der Waals surface area (Å²) in [5.41, 5.74) is 10.3. The first-order valence-corrected chi connectivity index (χ1v) is 7.62. The van der Waals surface area contributed by atoms with Crippen LogP contribution in [0.3, 0.4) is 0 Å². The number of aromatic nitrogens is 2. The van der Waals surface area contributed by atoms with Crippen molar-refractivity contribution in [2.75, 3.05) is 0 Å². The molecule has 0 aliphatic carbocycles. The van der Waals surface area contributed by atoms with Crippen LogP contribution in [0.4, 0.5) is 0 Å². The van der Waals surface area contributed by atoms with Gasteiger partial charge in [0, 0.05) is 6.54 Å². The second kappa shape index (κ2) is 6.41. The minimum Gasteiger partial charge on any atom is -0.271 e. The van der Waals surface area contributed by atoms with Crippen LogP contribution in [0.5, 0.6) is 0 Å². The standard InChI is InChI=1S/C17H26N4/c1-6-14-10-16(21(7-2)20-14)17(19-18)15-9-12(4)11(3)8-13(15)5/h8-10,17,19H,6-7,18H2,1-5H3. The highest BCUT2D eigenvalue weighted by molar-refractivity contribution is 5.41.